The first-order valence-electron chi connectivity index (χ1n) is 12.6. The third-order valence-electron chi connectivity index (χ3n) is 6.03. The molecule has 4 N–H and O–H groups in total. The number of nitrogens with two attached hydrogens (primary N) is 1. The average molecular weight is 400 g/mol. The summed E-state index contributed by atoms with van der Waals surface area (Å²) in [4.78, 5) is 0. The zero-order valence-electron chi connectivity index (χ0n) is 19.5. The van der Waals surface area contributed by atoms with E-state index in [4.69, 9.17) is 5.73 Å². The predicted octanol–water partition coefficient (Wildman–Crippen LogP) is 6.73. The van der Waals surface area contributed by atoms with Crippen molar-refractivity contribution in [1.29, 1.82) is 0 Å². The summed E-state index contributed by atoms with van der Waals surface area (Å²) in [5.74, 6) is 0.228. The van der Waals surface area contributed by atoms with Crippen LogP contribution >= 0.6 is 0 Å². The third-order valence-corrected chi connectivity index (χ3v) is 6.03. The summed E-state index contributed by atoms with van der Waals surface area (Å²) in [5.41, 5.74) is 6.35. The lowest BCUT2D eigenvalue weighted by Gasteiger charge is -2.26. The standard InChI is InChI=1S/C25H53NO2/c1-4-5-6-7-8-9-10-11-12-13-14-15-16-17-18-19-25(26)24(20-22(2)27)21-23(3)28/h22-25,27-28H,4-21,26H2,1-3H3. The molecule has 0 spiro atoms. The highest BCUT2D eigenvalue weighted by atomic mass is 16.3. The quantitative estimate of drug-likeness (QED) is 0.187. The van der Waals surface area contributed by atoms with E-state index < -0.39 is 0 Å². The van der Waals surface area contributed by atoms with Crippen molar-refractivity contribution >= 4 is 0 Å². The van der Waals surface area contributed by atoms with Crippen LogP contribution in [0.25, 0.3) is 0 Å². The summed E-state index contributed by atoms with van der Waals surface area (Å²) >= 11 is 0. The Morgan fingerprint density at radius 3 is 1.21 bits per heavy atom. The highest BCUT2D eigenvalue weighted by Gasteiger charge is 2.21. The van der Waals surface area contributed by atoms with Gasteiger partial charge in [-0.1, -0.05) is 103 Å². The molecule has 3 atom stereocenters. The first-order valence-corrected chi connectivity index (χ1v) is 12.6. The van der Waals surface area contributed by atoms with Crippen LogP contribution in [0, 0.1) is 5.92 Å². The fourth-order valence-corrected chi connectivity index (χ4v) is 4.31. The summed E-state index contributed by atoms with van der Waals surface area (Å²) in [6.45, 7) is 5.91. The molecule has 0 fully saturated rings. The van der Waals surface area contributed by atoms with Crippen LogP contribution in [0.15, 0.2) is 0 Å². The molecule has 3 heteroatoms. The Labute approximate surface area is 176 Å². The Hall–Kier alpha value is -0.120. The van der Waals surface area contributed by atoms with Crippen molar-refractivity contribution < 1.29 is 10.2 Å². The number of hydrogen-bond donors (Lipinski definition) is 3. The van der Waals surface area contributed by atoms with Crippen LogP contribution in [0.4, 0.5) is 0 Å². The molecule has 0 aliphatic heterocycles. The molecule has 0 aromatic rings. The Balaban J connectivity index is 3.45. The van der Waals surface area contributed by atoms with E-state index in [1.54, 1.807) is 0 Å². The minimum atomic E-state index is -0.337. The number of rotatable bonds is 21. The average Bonchev–Trinajstić information content (AvgIpc) is 2.63. The molecule has 3 nitrogen and oxygen atoms in total. The maximum Gasteiger partial charge on any atom is 0.0515 e. The molecule has 0 radical (unpaired) electrons. The molecule has 0 aromatic heterocycles. The maximum absolute atomic E-state index is 9.65. The second kappa shape index (κ2) is 20.2. The van der Waals surface area contributed by atoms with Crippen LogP contribution < -0.4 is 5.73 Å². The topological polar surface area (TPSA) is 66.5 Å². The molecule has 170 valence electrons. The summed E-state index contributed by atoms with van der Waals surface area (Å²) in [5, 5.41) is 19.3. The van der Waals surface area contributed by atoms with E-state index >= 15 is 0 Å². The molecule has 0 heterocycles. The van der Waals surface area contributed by atoms with Gasteiger partial charge in [0.1, 0.15) is 0 Å². The minimum absolute atomic E-state index is 0.103. The lowest BCUT2D eigenvalue weighted by molar-refractivity contribution is 0.107. The third kappa shape index (κ3) is 19.2. The van der Waals surface area contributed by atoms with Crippen LogP contribution in [0.1, 0.15) is 136 Å². The van der Waals surface area contributed by atoms with Gasteiger partial charge >= 0.3 is 0 Å². The minimum Gasteiger partial charge on any atom is -0.393 e. The SMILES string of the molecule is CCCCCCCCCCCCCCCCCC(N)C(CC(C)O)CC(C)O. The lowest BCUT2D eigenvalue weighted by Crippen LogP contribution is -2.34. The van der Waals surface area contributed by atoms with Gasteiger partial charge in [0.15, 0.2) is 0 Å². The number of hydrogen-bond acceptors (Lipinski definition) is 3. The van der Waals surface area contributed by atoms with Crippen LogP contribution in [-0.4, -0.2) is 28.5 Å². The van der Waals surface area contributed by atoms with Crippen LogP contribution in [0.5, 0.6) is 0 Å². The monoisotopic (exact) mass is 399 g/mol. The van der Waals surface area contributed by atoms with Gasteiger partial charge in [0.05, 0.1) is 12.2 Å². The molecule has 0 aliphatic rings. The van der Waals surface area contributed by atoms with E-state index in [-0.39, 0.29) is 24.2 Å². The van der Waals surface area contributed by atoms with Gasteiger partial charge in [-0.15, -0.1) is 0 Å². The molecule has 0 aromatic carbocycles. The fraction of sp³-hybridized carbons (Fsp3) is 1.00. The molecule has 0 aliphatic carbocycles. The van der Waals surface area contributed by atoms with E-state index in [1.807, 2.05) is 13.8 Å². The van der Waals surface area contributed by atoms with Crippen molar-refractivity contribution in [3.8, 4) is 0 Å². The van der Waals surface area contributed by atoms with Crippen molar-refractivity contribution in [1.82, 2.24) is 0 Å². The molecular weight excluding hydrogens is 346 g/mol. The lowest BCUT2D eigenvalue weighted by atomic mass is 9.86. The first-order chi connectivity index (χ1) is 13.5. The molecule has 0 amide bonds. The molecule has 28 heavy (non-hydrogen) atoms. The van der Waals surface area contributed by atoms with E-state index in [0.717, 1.165) is 6.42 Å². The van der Waals surface area contributed by atoms with Crippen molar-refractivity contribution in [2.45, 2.75) is 155 Å². The molecular formula is C25H53NO2. The van der Waals surface area contributed by atoms with E-state index in [2.05, 4.69) is 6.92 Å². The van der Waals surface area contributed by atoms with Crippen LogP contribution in [-0.2, 0) is 0 Å². The first kappa shape index (κ1) is 27.9. The second-order valence-electron chi connectivity index (χ2n) is 9.33. The Kier molecular flexibility index (Phi) is 20.1. The molecule has 0 bridgehead atoms. The zero-order chi connectivity index (χ0) is 21.0. The second-order valence-corrected chi connectivity index (χ2v) is 9.33. The van der Waals surface area contributed by atoms with Gasteiger partial charge in [0, 0.05) is 6.04 Å². The molecule has 0 rings (SSSR count). The Bertz CT molecular complexity index is 297. The van der Waals surface area contributed by atoms with Gasteiger partial charge in [-0.2, -0.15) is 0 Å². The smallest absolute Gasteiger partial charge is 0.0515 e. The Morgan fingerprint density at radius 1 is 0.571 bits per heavy atom. The van der Waals surface area contributed by atoms with Crippen molar-refractivity contribution in [2.75, 3.05) is 0 Å². The van der Waals surface area contributed by atoms with E-state index in [0.29, 0.717) is 12.8 Å². The number of aliphatic hydroxyl groups excluding tert-OH is 2. The van der Waals surface area contributed by atoms with Gasteiger partial charge < -0.3 is 15.9 Å². The van der Waals surface area contributed by atoms with Gasteiger partial charge in [0.25, 0.3) is 0 Å². The van der Waals surface area contributed by atoms with Crippen molar-refractivity contribution in [3.05, 3.63) is 0 Å². The zero-order valence-corrected chi connectivity index (χ0v) is 19.5. The van der Waals surface area contributed by atoms with E-state index in [9.17, 15) is 10.2 Å². The molecule has 0 saturated carbocycles. The summed E-state index contributed by atoms with van der Waals surface area (Å²) in [7, 11) is 0. The van der Waals surface area contributed by atoms with Gasteiger partial charge in [-0.25, -0.2) is 0 Å². The fourth-order valence-electron chi connectivity index (χ4n) is 4.31. The van der Waals surface area contributed by atoms with Crippen LogP contribution in [0.2, 0.25) is 0 Å². The normalized spacial score (nSPS) is 16.1. The maximum atomic E-state index is 9.65. The van der Waals surface area contributed by atoms with Crippen molar-refractivity contribution in [3.63, 3.8) is 0 Å². The highest BCUT2D eigenvalue weighted by molar-refractivity contribution is 4.76. The highest BCUT2D eigenvalue weighted by Crippen LogP contribution is 2.21. The summed E-state index contributed by atoms with van der Waals surface area (Å²) in [6.07, 6.45) is 22.4. The largest absolute Gasteiger partial charge is 0.393 e. The van der Waals surface area contributed by atoms with Crippen molar-refractivity contribution in [2.24, 2.45) is 11.7 Å². The molecule has 0 saturated heterocycles. The molecule has 3 unspecified atom stereocenters. The predicted molar refractivity (Wildman–Crippen MR) is 124 cm³/mol. The van der Waals surface area contributed by atoms with Crippen LogP contribution in [0.3, 0.4) is 0 Å². The summed E-state index contributed by atoms with van der Waals surface area (Å²) < 4.78 is 0. The van der Waals surface area contributed by atoms with Gasteiger partial charge in [0.2, 0.25) is 0 Å². The Morgan fingerprint density at radius 2 is 0.893 bits per heavy atom. The van der Waals surface area contributed by atoms with E-state index in [1.165, 1.54) is 96.3 Å². The number of unbranched alkanes of at least 4 members (excludes halogenated alkanes) is 14. The number of aliphatic hydroxyl groups is 2. The summed E-state index contributed by atoms with van der Waals surface area (Å²) in [6, 6.07) is 0.103. The van der Waals surface area contributed by atoms with Gasteiger partial charge in [-0.05, 0) is 39.0 Å². The van der Waals surface area contributed by atoms with Gasteiger partial charge in [-0.3, -0.25) is 0 Å².